The van der Waals surface area contributed by atoms with Gasteiger partial charge in [-0.05, 0) is 30.7 Å². The highest BCUT2D eigenvalue weighted by Gasteiger charge is 2.24. The number of hydrogen-bond donors (Lipinski definition) is 1. The molecule has 1 aliphatic heterocycles. The first-order valence-electron chi connectivity index (χ1n) is 8.57. The number of carbonyl (C=O) groups is 2. The number of methoxy groups -OCH3 is 2. The Balaban J connectivity index is 1.71. The number of H-pyrrole nitrogens is 1. The van der Waals surface area contributed by atoms with E-state index >= 15 is 0 Å². The van der Waals surface area contributed by atoms with Crippen LogP contribution in [0.2, 0.25) is 0 Å². The fourth-order valence-electron chi connectivity index (χ4n) is 3.07. The molecule has 1 aromatic carbocycles. The Morgan fingerprint density at radius 1 is 0.923 bits per heavy atom. The molecule has 1 aromatic heterocycles. The van der Waals surface area contributed by atoms with E-state index in [2.05, 4.69) is 4.98 Å². The summed E-state index contributed by atoms with van der Waals surface area (Å²) in [6.07, 6.45) is 2.47. The predicted molar refractivity (Wildman–Crippen MR) is 96.8 cm³/mol. The highest BCUT2D eigenvalue weighted by Crippen LogP contribution is 2.24. The summed E-state index contributed by atoms with van der Waals surface area (Å²) in [5, 5.41) is 0. The van der Waals surface area contributed by atoms with Crippen LogP contribution >= 0.6 is 0 Å². The topological polar surface area (TPSA) is 74.9 Å². The maximum atomic E-state index is 12.9. The van der Waals surface area contributed by atoms with Crippen LogP contribution in [0, 0.1) is 0 Å². The van der Waals surface area contributed by atoms with E-state index in [1.807, 2.05) is 0 Å². The van der Waals surface area contributed by atoms with Crippen molar-refractivity contribution in [2.75, 3.05) is 40.4 Å². The van der Waals surface area contributed by atoms with E-state index in [-0.39, 0.29) is 11.8 Å². The van der Waals surface area contributed by atoms with Crippen LogP contribution in [0.25, 0.3) is 0 Å². The molecule has 2 amide bonds. The second-order valence-corrected chi connectivity index (χ2v) is 6.12. The standard InChI is InChI=1S/C19H23N3O4/c1-25-15-11-14(12-16(13-15)26-2)18(23)21-7-4-8-22(10-9-21)19(24)17-5-3-6-20-17/h3,5-6,11-13,20H,4,7-10H2,1-2H3. The van der Waals surface area contributed by atoms with Gasteiger partial charge in [-0.3, -0.25) is 9.59 Å². The molecule has 2 heterocycles. The zero-order valence-corrected chi connectivity index (χ0v) is 15.0. The van der Waals surface area contributed by atoms with Crippen LogP contribution in [0.1, 0.15) is 27.3 Å². The molecule has 7 heteroatoms. The van der Waals surface area contributed by atoms with Crippen molar-refractivity contribution in [3.8, 4) is 11.5 Å². The lowest BCUT2D eigenvalue weighted by Crippen LogP contribution is -2.37. The Morgan fingerprint density at radius 3 is 2.08 bits per heavy atom. The van der Waals surface area contributed by atoms with Crippen molar-refractivity contribution in [1.82, 2.24) is 14.8 Å². The second-order valence-electron chi connectivity index (χ2n) is 6.12. The minimum atomic E-state index is -0.0867. The van der Waals surface area contributed by atoms with Crippen LogP contribution in [0.3, 0.4) is 0 Å². The molecule has 1 aliphatic rings. The number of aromatic amines is 1. The van der Waals surface area contributed by atoms with E-state index in [1.165, 1.54) is 0 Å². The quantitative estimate of drug-likeness (QED) is 0.908. The van der Waals surface area contributed by atoms with Gasteiger partial charge in [-0.15, -0.1) is 0 Å². The monoisotopic (exact) mass is 357 g/mol. The highest BCUT2D eigenvalue weighted by molar-refractivity contribution is 5.95. The van der Waals surface area contributed by atoms with E-state index < -0.39 is 0 Å². The molecule has 0 bridgehead atoms. The molecule has 1 N–H and O–H groups in total. The Labute approximate surface area is 152 Å². The number of nitrogens with zero attached hydrogens (tertiary/aromatic N) is 2. The molecular formula is C19H23N3O4. The largest absolute Gasteiger partial charge is 0.497 e. The lowest BCUT2D eigenvalue weighted by Gasteiger charge is -2.22. The van der Waals surface area contributed by atoms with Crippen molar-refractivity contribution in [1.29, 1.82) is 0 Å². The van der Waals surface area contributed by atoms with E-state index in [0.717, 1.165) is 6.42 Å². The molecule has 0 radical (unpaired) electrons. The number of nitrogens with one attached hydrogen (secondary N) is 1. The number of ether oxygens (including phenoxy) is 2. The highest BCUT2D eigenvalue weighted by atomic mass is 16.5. The molecule has 0 aliphatic carbocycles. The molecule has 1 saturated heterocycles. The van der Waals surface area contributed by atoms with Gasteiger partial charge >= 0.3 is 0 Å². The number of carbonyl (C=O) groups excluding carboxylic acids is 2. The van der Waals surface area contributed by atoms with Crippen LogP contribution in [0.5, 0.6) is 11.5 Å². The van der Waals surface area contributed by atoms with E-state index in [0.29, 0.717) is 48.9 Å². The molecule has 1 fully saturated rings. The Bertz CT molecular complexity index is 751. The smallest absolute Gasteiger partial charge is 0.270 e. The number of hydrogen-bond acceptors (Lipinski definition) is 4. The third-order valence-electron chi connectivity index (χ3n) is 4.50. The lowest BCUT2D eigenvalue weighted by molar-refractivity contribution is 0.0716. The minimum absolute atomic E-state index is 0.0349. The van der Waals surface area contributed by atoms with E-state index in [1.54, 1.807) is 60.5 Å². The first-order valence-corrected chi connectivity index (χ1v) is 8.57. The zero-order chi connectivity index (χ0) is 18.5. The van der Waals surface area contributed by atoms with Crippen LogP contribution < -0.4 is 9.47 Å². The summed E-state index contributed by atoms with van der Waals surface area (Å²) in [6, 6.07) is 8.71. The van der Waals surface area contributed by atoms with Gasteiger partial charge in [-0.25, -0.2) is 0 Å². The van der Waals surface area contributed by atoms with Gasteiger partial charge in [-0.1, -0.05) is 0 Å². The number of benzene rings is 1. The van der Waals surface area contributed by atoms with Crippen molar-refractivity contribution < 1.29 is 19.1 Å². The van der Waals surface area contributed by atoms with Crippen molar-refractivity contribution in [2.45, 2.75) is 6.42 Å². The third kappa shape index (κ3) is 3.82. The molecule has 0 unspecified atom stereocenters. The van der Waals surface area contributed by atoms with Crippen LogP contribution in [-0.2, 0) is 0 Å². The van der Waals surface area contributed by atoms with Crippen molar-refractivity contribution >= 4 is 11.8 Å². The number of rotatable bonds is 4. The Morgan fingerprint density at radius 2 is 1.54 bits per heavy atom. The molecule has 2 aromatic rings. The van der Waals surface area contributed by atoms with Crippen LogP contribution in [-0.4, -0.2) is 67.0 Å². The minimum Gasteiger partial charge on any atom is -0.497 e. The first-order chi connectivity index (χ1) is 12.6. The normalized spacial score (nSPS) is 14.7. The molecular weight excluding hydrogens is 334 g/mol. The van der Waals surface area contributed by atoms with Crippen LogP contribution in [0.15, 0.2) is 36.5 Å². The molecule has 138 valence electrons. The van der Waals surface area contributed by atoms with Gasteiger partial charge in [-0.2, -0.15) is 0 Å². The van der Waals surface area contributed by atoms with Gasteiger partial charge in [0.2, 0.25) is 0 Å². The summed E-state index contributed by atoms with van der Waals surface area (Å²) < 4.78 is 10.5. The number of aromatic nitrogens is 1. The summed E-state index contributed by atoms with van der Waals surface area (Å²) >= 11 is 0. The summed E-state index contributed by atoms with van der Waals surface area (Å²) in [6.45, 7) is 2.23. The Hall–Kier alpha value is -2.96. The van der Waals surface area contributed by atoms with E-state index in [4.69, 9.17) is 9.47 Å². The molecule has 0 atom stereocenters. The van der Waals surface area contributed by atoms with Crippen molar-refractivity contribution in [3.05, 3.63) is 47.8 Å². The predicted octanol–water partition coefficient (Wildman–Crippen LogP) is 2.02. The zero-order valence-electron chi connectivity index (χ0n) is 15.0. The molecule has 7 nitrogen and oxygen atoms in total. The second kappa shape index (κ2) is 7.95. The molecule has 26 heavy (non-hydrogen) atoms. The maximum absolute atomic E-state index is 12.9. The third-order valence-corrected chi connectivity index (χ3v) is 4.50. The summed E-state index contributed by atoms with van der Waals surface area (Å²) in [5.41, 5.74) is 1.09. The van der Waals surface area contributed by atoms with Crippen molar-refractivity contribution in [2.24, 2.45) is 0 Å². The average Bonchev–Trinajstić information content (AvgIpc) is 3.11. The molecule has 0 spiro atoms. The Kier molecular flexibility index (Phi) is 5.46. The van der Waals surface area contributed by atoms with E-state index in [9.17, 15) is 9.59 Å². The average molecular weight is 357 g/mol. The van der Waals surface area contributed by atoms with Gasteiger partial charge in [0.1, 0.15) is 17.2 Å². The summed E-state index contributed by atoms with van der Waals surface area (Å²) in [5.74, 6) is 1.03. The van der Waals surface area contributed by atoms with Gasteiger partial charge in [0.05, 0.1) is 14.2 Å². The first kappa shape index (κ1) is 17.8. The SMILES string of the molecule is COc1cc(OC)cc(C(=O)N2CCCN(C(=O)c3ccc[nH]3)CC2)c1. The fourth-order valence-corrected chi connectivity index (χ4v) is 3.07. The molecule has 0 saturated carbocycles. The lowest BCUT2D eigenvalue weighted by atomic mass is 10.1. The number of amides is 2. The summed E-state index contributed by atoms with van der Waals surface area (Å²) in [4.78, 5) is 31.9. The summed E-state index contributed by atoms with van der Waals surface area (Å²) in [7, 11) is 3.11. The van der Waals surface area contributed by atoms with Gasteiger partial charge in [0.25, 0.3) is 11.8 Å². The fraction of sp³-hybridized carbons (Fsp3) is 0.368. The maximum Gasteiger partial charge on any atom is 0.270 e. The van der Waals surface area contributed by atoms with Gasteiger partial charge in [0, 0.05) is 44.0 Å². The van der Waals surface area contributed by atoms with Crippen molar-refractivity contribution in [3.63, 3.8) is 0 Å². The molecule has 3 rings (SSSR count). The van der Waals surface area contributed by atoms with Crippen LogP contribution in [0.4, 0.5) is 0 Å². The van der Waals surface area contributed by atoms with Gasteiger partial charge < -0.3 is 24.3 Å². The van der Waals surface area contributed by atoms with Gasteiger partial charge in [0.15, 0.2) is 0 Å².